The largest absolute Gasteiger partial charge is 0.492 e. The van der Waals surface area contributed by atoms with Gasteiger partial charge in [-0.3, -0.25) is 0 Å². The second-order valence-electron chi connectivity index (χ2n) is 4.42. The number of halogens is 1. The molecule has 0 fully saturated rings. The van der Waals surface area contributed by atoms with Crippen molar-refractivity contribution in [3.63, 3.8) is 0 Å². The van der Waals surface area contributed by atoms with Crippen molar-refractivity contribution in [2.75, 3.05) is 13.2 Å². The van der Waals surface area contributed by atoms with E-state index >= 15 is 0 Å². The van der Waals surface area contributed by atoms with Crippen LogP contribution in [0.5, 0.6) is 5.75 Å². The van der Waals surface area contributed by atoms with Crippen molar-refractivity contribution >= 4 is 0 Å². The van der Waals surface area contributed by atoms with Crippen LogP contribution < -0.4 is 10.1 Å². The Morgan fingerprint density at radius 2 is 1.89 bits per heavy atom. The first-order chi connectivity index (χ1) is 9.25. The quantitative estimate of drug-likeness (QED) is 0.804. The molecule has 2 rings (SSSR count). The average molecular weight is 259 g/mol. The topological polar surface area (TPSA) is 21.3 Å². The van der Waals surface area contributed by atoms with Gasteiger partial charge in [-0.05, 0) is 36.2 Å². The zero-order chi connectivity index (χ0) is 13.5. The SMILES string of the molecule is Cc1cc(CNCCOc2ccccc2)ccc1F. The van der Waals surface area contributed by atoms with Crippen molar-refractivity contribution in [2.24, 2.45) is 0 Å². The maximum atomic E-state index is 13.1. The highest BCUT2D eigenvalue weighted by Crippen LogP contribution is 2.09. The van der Waals surface area contributed by atoms with Crippen molar-refractivity contribution in [2.45, 2.75) is 13.5 Å². The summed E-state index contributed by atoms with van der Waals surface area (Å²) in [7, 11) is 0. The molecule has 0 spiro atoms. The Balaban J connectivity index is 1.68. The van der Waals surface area contributed by atoms with Crippen LogP contribution in [0.25, 0.3) is 0 Å². The van der Waals surface area contributed by atoms with Crippen LogP contribution in [0.15, 0.2) is 48.5 Å². The van der Waals surface area contributed by atoms with Crippen molar-refractivity contribution < 1.29 is 9.13 Å². The van der Waals surface area contributed by atoms with E-state index in [1.807, 2.05) is 36.4 Å². The standard InChI is InChI=1S/C16H18FNO/c1-13-11-14(7-8-16(13)17)12-18-9-10-19-15-5-3-2-4-6-15/h2-8,11,18H,9-10,12H2,1H3. The minimum absolute atomic E-state index is 0.156. The molecule has 0 aliphatic carbocycles. The normalized spacial score (nSPS) is 10.4. The molecule has 0 atom stereocenters. The maximum Gasteiger partial charge on any atom is 0.126 e. The Labute approximate surface area is 113 Å². The summed E-state index contributed by atoms with van der Waals surface area (Å²) in [6, 6.07) is 14.9. The summed E-state index contributed by atoms with van der Waals surface area (Å²) in [6.45, 7) is 3.87. The molecule has 0 radical (unpaired) electrons. The molecule has 0 saturated heterocycles. The average Bonchev–Trinajstić information content (AvgIpc) is 2.43. The Bertz CT molecular complexity index is 513. The fraction of sp³-hybridized carbons (Fsp3) is 0.250. The van der Waals surface area contributed by atoms with E-state index in [1.165, 1.54) is 6.07 Å². The van der Waals surface area contributed by atoms with E-state index in [4.69, 9.17) is 4.74 Å². The summed E-state index contributed by atoms with van der Waals surface area (Å²) in [5.74, 6) is 0.720. The first kappa shape index (κ1) is 13.6. The summed E-state index contributed by atoms with van der Waals surface area (Å²) < 4.78 is 18.7. The van der Waals surface area contributed by atoms with Crippen LogP contribution in [0.1, 0.15) is 11.1 Å². The third-order valence-electron chi connectivity index (χ3n) is 2.84. The Hall–Kier alpha value is -1.87. The molecule has 0 amide bonds. The van der Waals surface area contributed by atoms with E-state index in [-0.39, 0.29) is 5.82 Å². The van der Waals surface area contributed by atoms with Gasteiger partial charge in [-0.1, -0.05) is 30.3 Å². The van der Waals surface area contributed by atoms with Gasteiger partial charge in [0.25, 0.3) is 0 Å². The lowest BCUT2D eigenvalue weighted by molar-refractivity contribution is 0.313. The van der Waals surface area contributed by atoms with Crippen molar-refractivity contribution in [3.05, 3.63) is 65.5 Å². The smallest absolute Gasteiger partial charge is 0.126 e. The summed E-state index contributed by atoms with van der Waals surface area (Å²) in [4.78, 5) is 0. The van der Waals surface area contributed by atoms with E-state index < -0.39 is 0 Å². The highest BCUT2D eigenvalue weighted by atomic mass is 19.1. The molecule has 0 unspecified atom stereocenters. The third kappa shape index (κ3) is 4.38. The Kier molecular flexibility index (Phi) is 4.93. The fourth-order valence-electron chi connectivity index (χ4n) is 1.81. The van der Waals surface area contributed by atoms with Crippen LogP contribution >= 0.6 is 0 Å². The molecule has 0 heterocycles. The van der Waals surface area contributed by atoms with Crippen molar-refractivity contribution in [3.8, 4) is 5.75 Å². The highest BCUT2D eigenvalue weighted by Gasteiger charge is 1.98. The molecular weight excluding hydrogens is 241 g/mol. The van der Waals surface area contributed by atoms with Gasteiger partial charge in [-0.2, -0.15) is 0 Å². The Morgan fingerprint density at radius 1 is 1.11 bits per heavy atom. The number of ether oxygens (including phenoxy) is 1. The number of para-hydroxylation sites is 1. The van der Waals surface area contributed by atoms with Gasteiger partial charge < -0.3 is 10.1 Å². The summed E-state index contributed by atoms with van der Waals surface area (Å²) in [5.41, 5.74) is 1.76. The van der Waals surface area contributed by atoms with E-state index in [1.54, 1.807) is 13.0 Å². The summed E-state index contributed by atoms with van der Waals surface area (Å²) in [5, 5.41) is 3.27. The molecule has 19 heavy (non-hydrogen) atoms. The van der Waals surface area contributed by atoms with Crippen LogP contribution in [0.3, 0.4) is 0 Å². The molecule has 100 valence electrons. The minimum Gasteiger partial charge on any atom is -0.492 e. The highest BCUT2D eigenvalue weighted by molar-refractivity contribution is 5.23. The number of hydrogen-bond donors (Lipinski definition) is 1. The lowest BCUT2D eigenvalue weighted by Gasteiger charge is -2.08. The first-order valence-corrected chi connectivity index (χ1v) is 6.39. The molecule has 0 aromatic heterocycles. The zero-order valence-electron chi connectivity index (χ0n) is 11.0. The summed E-state index contributed by atoms with van der Waals surface area (Å²) in [6.07, 6.45) is 0. The fourth-order valence-corrected chi connectivity index (χ4v) is 1.81. The molecule has 2 aromatic rings. The predicted octanol–water partition coefficient (Wildman–Crippen LogP) is 3.30. The van der Waals surface area contributed by atoms with E-state index in [2.05, 4.69) is 5.32 Å². The molecule has 2 aromatic carbocycles. The minimum atomic E-state index is -0.156. The van der Waals surface area contributed by atoms with Crippen LogP contribution in [0.4, 0.5) is 4.39 Å². The number of nitrogens with one attached hydrogen (secondary N) is 1. The van der Waals surface area contributed by atoms with E-state index in [9.17, 15) is 4.39 Å². The van der Waals surface area contributed by atoms with Gasteiger partial charge in [0.15, 0.2) is 0 Å². The van der Waals surface area contributed by atoms with Gasteiger partial charge in [-0.15, -0.1) is 0 Å². The molecule has 0 aliphatic rings. The summed E-state index contributed by atoms with van der Waals surface area (Å²) >= 11 is 0. The van der Waals surface area contributed by atoms with E-state index in [0.29, 0.717) is 12.2 Å². The second-order valence-corrected chi connectivity index (χ2v) is 4.42. The van der Waals surface area contributed by atoms with Crippen molar-refractivity contribution in [1.82, 2.24) is 5.32 Å². The number of hydrogen-bond acceptors (Lipinski definition) is 2. The van der Waals surface area contributed by atoms with Gasteiger partial charge in [0.1, 0.15) is 18.2 Å². The van der Waals surface area contributed by atoms with Crippen LogP contribution in [-0.4, -0.2) is 13.2 Å². The first-order valence-electron chi connectivity index (χ1n) is 6.39. The molecule has 0 saturated carbocycles. The monoisotopic (exact) mass is 259 g/mol. The lowest BCUT2D eigenvalue weighted by Crippen LogP contribution is -2.20. The number of rotatable bonds is 6. The molecular formula is C16H18FNO. The predicted molar refractivity (Wildman–Crippen MR) is 74.8 cm³/mol. The van der Waals surface area contributed by atoms with Gasteiger partial charge in [-0.25, -0.2) is 4.39 Å². The molecule has 0 aliphatic heterocycles. The number of benzene rings is 2. The van der Waals surface area contributed by atoms with Crippen LogP contribution in [0, 0.1) is 12.7 Å². The van der Waals surface area contributed by atoms with Gasteiger partial charge in [0.05, 0.1) is 0 Å². The third-order valence-corrected chi connectivity index (χ3v) is 2.84. The maximum absolute atomic E-state index is 13.1. The Morgan fingerprint density at radius 3 is 2.63 bits per heavy atom. The van der Waals surface area contributed by atoms with Gasteiger partial charge >= 0.3 is 0 Å². The molecule has 0 bridgehead atoms. The van der Waals surface area contributed by atoms with Crippen molar-refractivity contribution in [1.29, 1.82) is 0 Å². The van der Waals surface area contributed by atoms with Gasteiger partial charge in [0, 0.05) is 13.1 Å². The number of aryl methyl sites for hydroxylation is 1. The zero-order valence-corrected chi connectivity index (χ0v) is 11.0. The van der Waals surface area contributed by atoms with Gasteiger partial charge in [0.2, 0.25) is 0 Å². The molecule has 3 heteroatoms. The second kappa shape index (κ2) is 6.90. The lowest BCUT2D eigenvalue weighted by atomic mass is 10.1. The van der Waals surface area contributed by atoms with E-state index in [0.717, 1.165) is 24.4 Å². The molecule has 2 nitrogen and oxygen atoms in total. The van der Waals surface area contributed by atoms with Crippen LogP contribution in [0.2, 0.25) is 0 Å². The van der Waals surface area contributed by atoms with Crippen LogP contribution in [-0.2, 0) is 6.54 Å². The molecule has 1 N–H and O–H groups in total.